The van der Waals surface area contributed by atoms with E-state index in [9.17, 15) is 24.8 Å². The molecule has 10 heteroatoms. The van der Waals surface area contributed by atoms with E-state index in [0.717, 1.165) is 4.90 Å². The molecule has 1 atom stereocenters. The van der Waals surface area contributed by atoms with Gasteiger partial charge in [0.15, 0.2) is 11.5 Å². The van der Waals surface area contributed by atoms with E-state index in [0.29, 0.717) is 5.57 Å². The van der Waals surface area contributed by atoms with Crippen LogP contribution in [0.5, 0.6) is 11.5 Å². The third-order valence-electron chi connectivity index (χ3n) is 6.50. The van der Waals surface area contributed by atoms with Crippen molar-refractivity contribution in [1.29, 1.82) is 0 Å². The van der Waals surface area contributed by atoms with Gasteiger partial charge in [-0.1, -0.05) is 53.7 Å². The summed E-state index contributed by atoms with van der Waals surface area (Å²) in [5.74, 6) is -1.51. The molecule has 0 bridgehead atoms. The number of ether oxygens (including phenoxy) is 1. The van der Waals surface area contributed by atoms with Crippen molar-refractivity contribution >= 4 is 25.9 Å². The zero-order chi connectivity index (χ0) is 25.2. The highest BCUT2D eigenvalue weighted by molar-refractivity contribution is 6.78. The lowest BCUT2D eigenvalue weighted by atomic mass is 10.1. The van der Waals surface area contributed by atoms with Gasteiger partial charge < -0.3 is 19.2 Å². The van der Waals surface area contributed by atoms with Crippen LogP contribution in [0.3, 0.4) is 0 Å². The van der Waals surface area contributed by atoms with Gasteiger partial charge in [0.25, 0.3) is 19.9 Å². The molecular weight excluding hydrogens is 444 g/mol. The smallest absolute Gasteiger partial charge is 0.326 e. The lowest BCUT2D eigenvalue weighted by molar-refractivity contribution is -0.385. The van der Waals surface area contributed by atoms with Gasteiger partial charge in [-0.25, -0.2) is 4.79 Å². The largest absolute Gasteiger partial charge is 0.540 e. The minimum Gasteiger partial charge on any atom is -0.540 e. The predicted octanol–water partition coefficient (Wildman–Crippen LogP) is 5.01. The molecule has 1 aromatic carbocycles. The van der Waals surface area contributed by atoms with Crippen LogP contribution in [0.15, 0.2) is 24.3 Å². The molecule has 0 unspecified atom stereocenters. The van der Waals surface area contributed by atoms with Crippen LogP contribution < -0.4 is 9.16 Å². The van der Waals surface area contributed by atoms with Crippen LogP contribution in [-0.2, 0) is 4.79 Å². The van der Waals surface area contributed by atoms with Gasteiger partial charge in [-0.05, 0) is 16.6 Å². The van der Waals surface area contributed by atoms with Gasteiger partial charge in [0.05, 0.1) is 18.1 Å². The summed E-state index contributed by atoms with van der Waals surface area (Å²) in [6.45, 7) is 16.4. The van der Waals surface area contributed by atoms with Crippen molar-refractivity contribution in [3.8, 4) is 11.5 Å². The number of nitro groups is 1. The molecule has 0 aliphatic carbocycles. The number of carbonyl (C=O) groups excluding carboxylic acids is 1. The molecule has 182 valence electrons. The molecule has 1 aliphatic heterocycles. The number of methoxy groups -OCH3 is 1. The van der Waals surface area contributed by atoms with Gasteiger partial charge in [-0.3, -0.25) is 14.9 Å². The molecule has 1 aromatic rings. The Balaban J connectivity index is 2.64. The lowest BCUT2D eigenvalue weighted by Gasteiger charge is -2.42. The molecular formula is C23H34N2O7Si. The maximum absolute atomic E-state index is 13.3. The highest BCUT2D eigenvalue weighted by atomic mass is 28.4. The van der Waals surface area contributed by atoms with Crippen LogP contribution in [-0.4, -0.2) is 54.8 Å². The standard InChI is InChI=1S/C23H34N2O7Si/c1-13(2)33(14(3)4,15(5)6)32-21-11-18(25(29)30)17(10-20(21)31-8)22(26)24-12-16(7)9-19(24)23(27)28/h10-11,13-15,19H,7,9,12H2,1-6,8H3,(H,27,28)/t19-/m0/s1. The van der Waals surface area contributed by atoms with Crippen molar-refractivity contribution in [1.82, 2.24) is 4.90 Å². The Kier molecular flexibility index (Phi) is 7.94. The number of nitro benzene ring substituents is 1. The Bertz CT molecular complexity index is 937. The third-order valence-corrected chi connectivity index (χ3v) is 12.5. The fraction of sp³-hybridized carbons (Fsp3) is 0.565. The summed E-state index contributed by atoms with van der Waals surface area (Å²) in [4.78, 5) is 37.3. The van der Waals surface area contributed by atoms with Crippen molar-refractivity contribution in [2.24, 2.45) is 0 Å². The van der Waals surface area contributed by atoms with Crippen LogP contribution in [0.2, 0.25) is 16.6 Å². The second-order valence-corrected chi connectivity index (χ2v) is 14.8. The zero-order valence-electron chi connectivity index (χ0n) is 20.4. The number of carboxylic acids is 1. The molecule has 9 nitrogen and oxygen atoms in total. The summed E-state index contributed by atoms with van der Waals surface area (Å²) in [5, 5.41) is 21.5. The minimum absolute atomic E-state index is 0.0254. The summed E-state index contributed by atoms with van der Waals surface area (Å²) >= 11 is 0. The van der Waals surface area contributed by atoms with Gasteiger partial charge in [0, 0.05) is 19.0 Å². The number of benzene rings is 1. The number of carbonyl (C=O) groups is 2. The summed E-state index contributed by atoms with van der Waals surface area (Å²) < 4.78 is 12.1. The first-order chi connectivity index (χ1) is 15.3. The summed E-state index contributed by atoms with van der Waals surface area (Å²) in [6.07, 6.45) is 0.110. The molecule has 1 amide bonds. The van der Waals surface area contributed by atoms with Crippen LogP contribution in [0, 0.1) is 10.1 Å². The number of aliphatic carboxylic acids is 1. The van der Waals surface area contributed by atoms with E-state index >= 15 is 0 Å². The van der Waals surface area contributed by atoms with E-state index < -0.39 is 36.8 Å². The molecule has 0 radical (unpaired) electrons. The Labute approximate surface area is 195 Å². The first-order valence-electron chi connectivity index (χ1n) is 11.0. The molecule has 0 saturated carbocycles. The molecule has 1 fully saturated rings. The second kappa shape index (κ2) is 9.94. The SMILES string of the molecule is C=C1C[C@@H](C(=O)O)N(C(=O)c2cc(OC)c(O[Si](C(C)C)(C(C)C)C(C)C)cc2[N+](=O)[O-])C1. The Hall–Kier alpha value is -2.88. The molecule has 1 N–H and O–H groups in total. The normalized spacial score (nSPS) is 16.6. The number of hydrogen-bond acceptors (Lipinski definition) is 6. The number of rotatable bonds is 9. The zero-order valence-corrected chi connectivity index (χ0v) is 21.4. The van der Waals surface area contributed by atoms with Crippen LogP contribution in [0.4, 0.5) is 5.69 Å². The van der Waals surface area contributed by atoms with E-state index in [4.69, 9.17) is 9.16 Å². The van der Waals surface area contributed by atoms with Crippen molar-refractivity contribution in [3.05, 3.63) is 40.0 Å². The highest BCUT2D eigenvalue weighted by Gasteiger charge is 2.48. The molecule has 33 heavy (non-hydrogen) atoms. The van der Waals surface area contributed by atoms with Gasteiger partial charge in [0.2, 0.25) is 0 Å². The number of amides is 1. The van der Waals surface area contributed by atoms with Crippen LogP contribution in [0.25, 0.3) is 0 Å². The summed E-state index contributed by atoms with van der Waals surface area (Å²) in [5.41, 5.74) is 0.540. The highest BCUT2D eigenvalue weighted by Crippen LogP contribution is 2.46. The first-order valence-corrected chi connectivity index (χ1v) is 13.2. The fourth-order valence-electron chi connectivity index (χ4n) is 5.04. The van der Waals surface area contributed by atoms with E-state index in [1.807, 2.05) is 0 Å². The predicted molar refractivity (Wildman–Crippen MR) is 128 cm³/mol. The molecule has 1 saturated heterocycles. The van der Waals surface area contributed by atoms with Gasteiger partial charge in [-0.2, -0.15) is 0 Å². The quantitative estimate of drug-likeness (QED) is 0.229. The Morgan fingerprint density at radius 1 is 1.15 bits per heavy atom. The number of likely N-dealkylation sites (tertiary alicyclic amines) is 1. The number of carboxylic acid groups (broad SMARTS) is 1. The van der Waals surface area contributed by atoms with Gasteiger partial charge in [-0.15, -0.1) is 0 Å². The summed E-state index contributed by atoms with van der Waals surface area (Å²) in [6, 6.07) is 1.41. The average Bonchev–Trinajstić information content (AvgIpc) is 3.12. The van der Waals surface area contributed by atoms with E-state index in [1.54, 1.807) is 0 Å². The fourth-order valence-corrected chi connectivity index (χ4v) is 10.3. The topological polar surface area (TPSA) is 119 Å². The maximum Gasteiger partial charge on any atom is 0.326 e. The average molecular weight is 479 g/mol. The third kappa shape index (κ3) is 4.90. The number of nitrogens with zero attached hydrogens (tertiary/aromatic N) is 2. The molecule has 1 heterocycles. The van der Waals surface area contributed by atoms with Gasteiger partial charge >= 0.3 is 5.97 Å². The Morgan fingerprint density at radius 3 is 2.12 bits per heavy atom. The summed E-state index contributed by atoms with van der Waals surface area (Å²) in [7, 11) is -1.06. The number of hydrogen-bond donors (Lipinski definition) is 1. The molecule has 0 spiro atoms. The van der Waals surface area contributed by atoms with Crippen molar-refractivity contribution < 1.29 is 28.8 Å². The van der Waals surface area contributed by atoms with Crippen molar-refractivity contribution in [3.63, 3.8) is 0 Å². The molecule has 1 aliphatic rings. The lowest BCUT2D eigenvalue weighted by Crippen LogP contribution is -2.50. The molecule has 2 rings (SSSR count). The van der Waals surface area contributed by atoms with E-state index in [-0.39, 0.29) is 46.7 Å². The van der Waals surface area contributed by atoms with Gasteiger partial charge in [0.1, 0.15) is 11.6 Å². The molecule has 0 aromatic heterocycles. The van der Waals surface area contributed by atoms with Crippen LogP contribution >= 0.6 is 0 Å². The minimum atomic E-state index is -2.47. The van der Waals surface area contributed by atoms with Crippen molar-refractivity contribution in [2.75, 3.05) is 13.7 Å². The van der Waals surface area contributed by atoms with E-state index in [2.05, 4.69) is 48.1 Å². The maximum atomic E-state index is 13.3. The van der Waals surface area contributed by atoms with Crippen molar-refractivity contribution in [2.45, 2.75) is 70.6 Å². The second-order valence-electron chi connectivity index (χ2n) is 9.44. The first kappa shape index (κ1) is 26.4. The van der Waals surface area contributed by atoms with Crippen LogP contribution in [0.1, 0.15) is 58.3 Å². The Morgan fingerprint density at radius 2 is 1.70 bits per heavy atom. The monoisotopic (exact) mass is 478 g/mol. The van der Waals surface area contributed by atoms with E-state index in [1.165, 1.54) is 19.2 Å².